The van der Waals surface area contributed by atoms with Crippen LogP contribution in [0.15, 0.2) is 42.5 Å². The highest BCUT2D eigenvalue weighted by molar-refractivity contribution is 5.53. The summed E-state index contributed by atoms with van der Waals surface area (Å²) in [5, 5.41) is 31.5. The average molecular weight is 259 g/mol. The summed E-state index contributed by atoms with van der Waals surface area (Å²) < 4.78 is 0. The number of phenols is 2. The van der Waals surface area contributed by atoms with Gasteiger partial charge in [-0.1, -0.05) is 18.2 Å². The highest BCUT2D eigenvalue weighted by Crippen LogP contribution is 2.28. The number of anilines is 1. The van der Waals surface area contributed by atoms with Gasteiger partial charge in [0.2, 0.25) is 0 Å². The number of aliphatic hydroxyl groups excluding tert-OH is 1. The van der Waals surface area contributed by atoms with E-state index in [9.17, 15) is 15.3 Å². The van der Waals surface area contributed by atoms with Gasteiger partial charge in [-0.3, -0.25) is 0 Å². The van der Waals surface area contributed by atoms with Crippen molar-refractivity contribution in [1.82, 2.24) is 0 Å². The largest absolute Gasteiger partial charge is 0.508 e. The number of nitrogens with one attached hydrogen (secondary N) is 1. The molecule has 0 amide bonds. The van der Waals surface area contributed by atoms with Crippen molar-refractivity contribution in [3.05, 3.63) is 53.6 Å². The minimum Gasteiger partial charge on any atom is -0.508 e. The molecule has 1 unspecified atom stereocenters. The second kappa shape index (κ2) is 5.63. The van der Waals surface area contributed by atoms with Crippen molar-refractivity contribution in [2.75, 3.05) is 5.32 Å². The molecule has 0 aliphatic heterocycles. The third-order valence-electron chi connectivity index (χ3n) is 2.98. The van der Waals surface area contributed by atoms with Crippen molar-refractivity contribution in [2.24, 2.45) is 0 Å². The molecule has 0 radical (unpaired) electrons. The quantitative estimate of drug-likeness (QED) is 0.681. The van der Waals surface area contributed by atoms with Crippen LogP contribution in [0.25, 0.3) is 0 Å². The number of para-hydroxylation sites is 1. The van der Waals surface area contributed by atoms with Gasteiger partial charge in [0, 0.05) is 23.4 Å². The fourth-order valence-corrected chi connectivity index (χ4v) is 1.98. The number of aliphatic hydroxyl groups is 1. The van der Waals surface area contributed by atoms with E-state index >= 15 is 0 Å². The molecular formula is C15H17NO3. The predicted octanol–water partition coefficient (Wildman–Crippen LogP) is 2.76. The first-order chi connectivity index (χ1) is 9.10. The van der Waals surface area contributed by atoms with Crippen LogP contribution in [-0.2, 0) is 6.61 Å². The molecule has 0 heterocycles. The van der Waals surface area contributed by atoms with Gasteiger partial charge in [0.15, 0.2) is 0 Å². The van der Waals surface area contributed by atoms with Crippen molar-refractivity contribution >= 4 is 5.69 Å². The van der Waals surface area contributed by atoms with Crippen LogP contribution in [-0.4, -0.2) is 15.3 Å². The molecule has 2 aromatic carbocycles. The van der Waals surface area contributed by atoms with Gasteiger partial charge >= 0.3 is 0 Å². The van der Waals surface area contributed by atoms with Gasteiger partial charge < -0.3 is 20.6 Å². The maximum Gasteiger partial charge on any atom is 0.119 e. The lowest BCUT2D eigenvalue weighted by atomic mass is 10.1. The molecule has 4 nitrogen and oxygen atoms in total. The van der Waals surface area contributed by atoms with Gasteiger partial charge in [0.25, 0.3) is 0 Å². The third-order valence-corrected chi connectivity index (χ3v) is 2.98. The highest BCUT2D eigenvalue weighted by atomic mass is 16.3. The summed E-state index contributed by atoms with van der Waals surface area (Å²) >= 11 is 0. The second-order valence-electron chi connectivity index (χ2n) is 4.46. The van der Waals surface area contributed by atoms with E-state index in [2.05, 4.69) is 5.32 Å². The normalized spacial score (nSPS) is 12.1. The van der Waals surface area contributed by atoms with Crippen LogP contribution < -0.4 is 5.32 Å². The third kappa shape index (κ3) is 3.17. The van der Waals surface area contributed by atoms with Crippen LogP contribution in [0.2, 0.25) is 0 Å². The Bertz CT molecular complexity index is 549. The standard InChI is InChI=1S/C15H17NO3/c1-10(12-6-13(18)8-14(19)7-12)16-15-5-3-2-4-11(15)9-17/h2-8,10,16-19H,9H2,1H3. The van der Waals surface area contributed by atoms with Gasteiger partial charge in [-0.05, 0) is 30.7 Å². The highest BCUT2D eigenvalue weighted by Gasteiger charge is 2.09. The van der Waals surface area contributed by atoms with Crippen molar-refractivity contribution in [3.63, 3.8) is 0 Å². The second-order valence-corrected chi connectivity index (χ2v) is 4.46. The number of hydrogen-bond donors (Lipinski definition) is 4. The van der Waals surface area contributed by atoms with E-state index in [4.69, 9.17) is 0 Å². The summed E-state index contributed by atoms with van der Waals surface area (Å²) in [5.41, 5.74) is 2.41. The number of hydrogen-bond acceptors (Lipinski definition) is 4. The maximum atomic E-state index is 9.48. The summed E-state index contributed by atoms with van der Waals surface area (Å²) in [6.07, 6.45) is 0. The molecule has 1 atom stereocenters. The van der Waals surface area contributed by atoms with E-state index < -0.39 is 0 Å². The summed E-state index contributed by atoms with van der Waals surface area (Å²) in [7, 11) is 0. The van der Waals surface area contributed by atoms with Crippen LogP contribution in [0.4, 0.5) is 5.69 Å². The molecule has 4 N–H and O–H groups in total. The van der Waals surface area contributed by atoms with Gasteiger partial charge in [0.1, 0.15) is 11.5 Å². The Kier molecular flexibility index (Phi) is 3.92. The van der Waals surface area contributed by atoms with Crippen LogP contribution in [0.5, 0.6) is 11.5 Å². The predicted molar refractivity (Wildman–Crippen MR) is 74.2 cm³/mol. The van der Waals surface area contributed by atoms with Crippen molar-refractivity contribution < 1.29 is 15.3 Å². The Morgan fingerprint density at radius 1 is 1.05 bits per heavy atom. The van der Waals surface area contributed by atoms with E-state index in [1.54, 1.807) is 12.1 Å². The van der Waals surface area contributed by atoms with Gasteiger partial charge in [-0.25, -0.2) is 0 Å². The van der Waals surface area contributed by atoms with E-state index in [1.807, 2.05) is 31.2 Å². The molecule has 19 heavy (non-hydrogen) atoms. The summed E-state index contributed by atoms with van der Waals surface area (Å²) in [4.78, 5) is 0. The SMILES string of the molecule is CC(Nc1ccccc1CO)c1cc(O)cc(O)c1. The Labute approximate surface area is 112 Å². The van der Waals surface area contributed by atoms with Crippen molar-refractivity contribution in [3.8, 4) is 11.5 Å². The smallest absolute Gasteiger partial charge is 0.119 e. The monoisotopic (exact) mass is 259 g/mol. The summed E-state index contributed by atoms with van der Waals surface area (Å²) in [6, 6.07) is 11.8. The van der Waals surface area contributed by atoms with Crippen LogP contribution in [0, 0.1) is 0 Å². The molecule has 0 bridgehead atoms. The topological polar surface area (TPSA) is 72.7 Å². The van der Waals surface area contributed by atoms with Crippen LogP contribution in [0.3, 0.4) is 0 Å². The number of aromatic hydroxyl groups is 2. The zero-order chi connectivity index (χ0) is 13.8. The molecule has 0 saturated carbocycles. The van der Waals surface area contributed by atoms with E-state index in [0.29, 0.717) is 0 Å². The molecule has 100 valence electrons. The van der Waals surface area contributed by atoms with E-state index in [-0.39, 0.29) is 24.1 Å². The lowest BCUT2D eigenvalue weighted by molar-refractivity contribution is 0.282. The lowest BCUT2D eigenvalue weighted by Crippen LogP contribution is -2.08. The first kappa shape index (κ1) is 13.2. The Morgan fingerprint density at radius 2 is 1.68 bits per heavy atom. The van der Waals surface area contributed by atoms with Crippen LogP contribution in [0.1, 0.15) is 24.1 Å². The van der Waals surface area contributed by atoms with Gasteiger partial charge in [0.05, 0.1) is 6.61 Å². The maximum absolute atomic E-state index is 9.48. The molecule has 2 rings (SSSR count). The van der Waals surface area contributed by atoms with Gasteiger partial charge in [-0.2, -0.15) is 0 Å². The Hall–Kier alpha value is -2.20. The molecule has 4 heteroatoms. The fourth-order valence-electron chi connectivity index (χ4n) is 1.98. The van der Waals surface area contributed by atoms with Crippen molar-refractivity contribution in [1.29, 1.82) is 0 Å². The molecule has 2 aromatic rings. The average Bonchev–Trinajstić information content (AvgIpc) is 2.38. The molecule has 0 saturated heterocycles. The molecule has 0 aromatic heterocycles. The minimum absolute atomic E-state index is 0.0269. The minimum atomic E-state index is -0.106. The number of rotatable bonds is 4. The van der Waals surface area contributed by atoms with Gasteiger partial charge in [-0.15, -0.1) is 0 Å². The zero-order valence-electron chi connectivity index (χ0n) is 10.7. The molecule has 0 aliphatic rings. The van der Waals surface area contributed by atoms with E-state index in [1.165, 1.54) is 6.07 Å². The molecular weight excluding hydrogens is 242 g/mol. The molecule has 0 spiro atoms. The summed E-state index contributed by atoms with van der Waals surface area (Å²) in [5.74, 6) is 0.0539. The first-order valence-electron chi connectivity index (χ1n) is 6.08. The van der Waals surface area contributed by atoms with Crippen molar-refractivity contribution in [2.45, 2.75) is 19.6 Å². The molecule has 0 fully saturated rings. The number of phenolic OH excluding ortho intramolecular Hbond substituents is 2. The fraction of sp³-hybridized carbons (Fsp3) is 0.200. The number of benzene rings is 2. The molecule has 0 aliphatic carbocycles. The van der Waals surface area contributed by atoms with E-state index in [0.717, 1.165) is 16.8 Å². The Balaban J connectivity index is 2.22. The Morgan fingerprint density at radius 3 is 2.32 bits per heavy atom. The van der Waals surface area contributed by atoms with Crippen LogP contribution >= 0.6 is 0 Å². The lowest BCUT2D eigenvalue weighted by Gasteiger charge is -2.18. The zero-order valence-corrected chi connectivity index (χ0v) is 10.7. The first-order valence-corrected chi connectivity index (χ1v) is 6.08. The summed E-state index contributed by atoms with van der Waals surface area (Å²) in [6.45, 7) is 1.88.